The number of allylic oxidation sites excluding steroid dienone is 7. The smallest absolute Gasteiger partial charge is 0.305 e. The Morgan fingerprint density at radius 1 is 0.326 bits per heavy atom. The van der Waals surface area contributed by atoms with Gasteiger partial charge in [-0.05, 0) is 83.5 Å². The molecular formula is C80H151NO5. The molecule has 0 bridgehead atoms. The van der Waals surface area contributed by atoms with E-state index >= 15 is 0 Å². The highest BCUT2D eigenvalue weighted by Crippen LogP contribution is 2.19. The van der Waals surface area contributed by atoms with E-state index in [0.717, 1.165) is 51.4 Å². The SMILES string of the molecule is CCCC/C=C\C/C=C\CCCCCCCC(=O)OCCCCCCCCCCCCCCCC/C=C\CCCCCCCCCCCCCCCCCCCC(=O)NC(CO)C(O)/C=C/CCCCCCCCCCCCCCCCCCCC. The molecule has 0 aromatic carbocycles. The predicted octanol–water partition coefficient (Wildman–Crippen LogP) is 25.6. The van der Waals surface area contributed by atoms with E-state index in [9.17, 15) is 19.8 Å². The van der Waals surface area contributed by atoms with Gasteiger partial charge in [0.1, 0.15) is 0 Å². The average Bonchev–Trinajstić information content (AvgIpc) is 3.54. The molecule has 0 aliphatic carbocycles. The van der Waals surface area contributed by atoms with Crippen LogP contribution in [0.5, 0.6) is 0 Å². The fraction of sp³-hybridized carbons (Fsp3) is 0.875. The molecule has 0 spiro atoms. The van der Waals surface area contributed by atoms with Gasteiger partial charge >= 0.3 is 5.97 Å². The van der Waals surface area contributed by atoms with Gasteiger partial charge in [-0.25, -0.2) is 0 Å². The summed E-state index contributed by atoms with van der Waals surface area (Å²) in [6, 6.07) is -0.626. The van der Waals surface area contributed by atoms with E-state index in [1.807, 2.05) is 6.08 Å². The third-order valence-corrected chi connectivity index (χ3v) is 18.1. The van der Waals surface area contributed by atoms with E-state index in [4.69, 9.17) is 4.74 Å². The van der Waals surface area contributed by atoms with Gasteiger partial charge in [-0.2, -0.15) is 0 Å². The lowest BCUT2D eigenvalue weighted by molar-refractivity contribution is -0.143. The number of aliphatic hydroxyl groups excluding tert-OH is 2. The summed E-state index contributed by atoms with van der Waals surface area (Å²) in [4.78, 5) is 24.6. The van der Waals surface area contributed by atoms with Crippen LogP contribution in [0.1, 0.15) is 425 Å². The first-order chi connectivity index (χ1) is 42.5. The molecule has 0 aromatic rings. The van der Waals surface area contributed by atoms with Gasteiger partial charge in [-0.15, -0.1) is 0 Å². The summed E-state index contributed by atoms with van der Waals surface area (Å²) in [5, 5.41) is 23.3. The summed E-state index contributed by atoms with van der Waals surface area (Å²) >= 11 is 0. The standard InChI is InChI=1S/C80H151NO5/c1-3-5-7-9-11-13-15-17-19-20-21-39-42-45-48-52-56-60-64-68-72-78(83)77(76-82)81-79(84)73-69-65-61-57-53-49-46-43-40-37-35-33-31-29-27-25-23-22-24-26-28-30-32-34-36-38-41-44-47-51-55-59-63-67-71-75-86-80(85)74-70-66-62-58-54-50-18-16-14-12-10-8-6-4-2/h10,12,16,18,24,26,68,72,77-78,82-83H,3-9,11,13-15,17,19-23,25,27-67,69-71,73-76H2,1-2H3,(H,81,84)/b12-10-,18-16-,26-24-,72-68+. The van der Waals surface area contributed by atoms with E-state index in [2.05, 4.69) is 55.6 Å². The molecule has 0 saturated carbocycles. The highest BCUT2D eigenvalue weighted by molar-refractivity contribution is 5.76. The molecule has 0 rings (SSSR count). The van der Waals surface area contributed by atoms with Crippen LogP contribution in [0.2, 0.25) is 0 Å². The Bertz CT molecular complexity index is 1440. The Hall–Kier alpha value is -2.18. The number of carbonyl (C=O) groups excluding carboxylic acids is 2. The van der Waals surface area contributed by atoms with Crippen molar-refractivity contribution in [3.63, 3.8) is 0 Å². The maximum atomic E-state index is 12.5. The molecule has 2 atom stereocenters. The zero-order valence-electron chi connectivity index (χ0n) is 58.1. The van der Waals surface area contributed by atoms with Crippen molar-refractivity contribution < 1.29 is 24.5 Å². The molecule has 0 aromatic heterocycles. The number of unbranched alkanes of at least 4 members (excludes halogenated alkanes) is 56. The molecule has 0 radical (unpaired) electrons. The lowest BCUT2D eigenvalue weighted by Gasteiger charge is -2.20. The van der Waals surface area contributed by atoms with Crippen LogP contribution in [0.3, 0.4) is 0 Å². The number of hydrogen-bond donors (Lipinski definition) is 3. The van der Waals surface area contributed by atoms with Crippen LogP contribution in [0, 0.1) is 0 Å². The van der Waals surface area contributed by atoms with Crippen LogP contribution in [0.4, 0.5) is 0 Å². The van der Waals surface area contributed by atoms with E-state index in [0.29, 0.717) is 19.4 Å². The maximum Gasteiger partial charge on any atom is 0.305 e. The first-order valence-corrected chi connectivity index (χ1v) is 38.9. The van der Waals surface area contributed by atoms with Crippen molar-refractivity contribution in [3.05, 3.63) is 48.6 Å². The van der Waals surface area contributed by atoms with Crippen LogP contribution < -0.4 is 5.32 Å². The molecule has 0 saturated heterocycles. The van der Waals surface area contributed by atoms with Crippen LogP contribution in [-0.4, -0.2) is 47.4 Å². The second-order valence-corrected chi connectivity index (χ2v) is 26.7. The Balaban J connectivity index is 3.37. The Morgan fingerprint density at radius 2 is 0.593 bits per heavy atom. The molecular weight excluding hydrogens is 1050 g/mol. The van der Waals surface area contributed by atoms with E-state index in [-0.39, 0.29) is 18.5 Å². The number of hydrogen-bond acceptors (Lipinski definition) is 5. The predicted molar refractivity (Wildman–Crippen MR) is 379 cm³/mol. The number of ether oxygens (including phenoxy) is 1. The number of aliphatic hydroxyl groups is 2. The van der Waals surface area contributed by atoms with Crippen molar-refractivity contribution in [2.75, 3.05) is 13.2 Å². The third kappa shape index (κ3) is 70.9. The van der Waals surface area contributed by atoms with Crippen LogP contribution >= 0.6 is 0 Å². The molecule has 6 heteroatoms. The molecule has 2 unspecified atom stereocenters. The summed E-state index contributed by atoms with van der Waals surface area (Å²) in [6.45, 7) is 4.90. The lowest BCUT2D eigenvalue weighted by atomic mass is 10.0. The van der Waals surface area contributed by atoms with Crippen molar-refractivity contribution in [1.82, 2.24) is 5.32 Å². The highest BCUT2D eigenvalue weighted by atomic mass is 16.5. The quantitative estimate of drug-likeness (QED) is 0.0320. The van der Waals surface area contributed by atoms with Crippen molar-refractivity contribution >= 4 is 11.9 Å². The number of esters is 1. The zero-order chi connectivity index (χ0) is 62.0. The lowest BCUT2D eigenvalue weighted by Crippen LogP contribution is -2.45. The van der Waals surface area contributed by atoms with Crippen molar-refractivity contribution in [2.45, 2.75) is 437 Å². The summed E-state index contributed by atoms with van der Waals surface area (Å²) in [7, 11) is 0. The molecule has 1 amide bonds. The molecule has 0 aliphatic heterocycles. The summed E-state index contributed by atoms with van der Waals surface area (Å²) in [5.41, 5.74) is 0. The van der Waals surface area contributed by atoms with Gasteiger partial charge in [0.15, 0.2) is 0 Å². The van der Waals surface area contributed by atoms with Crippen LogP contribution in [0.25, 0.3) is 0 Å². The highest BCUT2D eigenvalue weighted by Gasteiger charge is 2.18. The van der Waals surface area contributed by atoms with Gasteiger partial charge in [0, 0.05) is 12.8 Å². The Morgan fingerprint density at radius 3 is 0.930 bits per heavy atom. The maximum absolute atomic E-state index is 12.5. The topological polar surface area (TPSA) is 95.9 Å². The molecule has 86 heavy (non-hydrogen) atoms. The second-order valence-electron chi connectivity index (χ2n) is 26.7. The van der Waals surface area contributed by atoms with E-state index in [1.165, 1.54) is 347 Å². The molecule has 0 heterocycles. The minimum absolute atomic E-state index is 0.00558. The first kappa shape index (κ1) is 83.8. The molecule has 3 N–H and O–H groups in total. The number of carbonyl (C=O) groups is 2. The molecule has 6 nitrogen and oxygen atoms in total. The Kier molecular flexibility index (Phi) is 73.4. The van der Waals surface area contributed by atoms with Crippen LogP contribution in [0.15, 0.2) is 48.6 Å². The van der Waals surface area contributed by atoms with E-state index in [1.54, 1.807) is 6.08 Å². The number of amides is 1. The summed E-state index contributed by atoms with van der Waals surface area (Å²) in [5.74, 6) is -0.0550. The largest absolute Gasteiger partial charge is 0.466 e. The zero-order valence-corrected chi connectivity index (χ0v) is 58.1. The number of rotatable bonds is 73. The van der Waals surface area contributed by atoms with Gasteiger partial charge in [-0.3, -0.25) is 9.59 Å². The molecule has 0 fully saturated rings. The first-order valence-electron chi connectivity index (χ1n) is 38.9. The fourth-order valence-electron chi connectivity index (χ4n) is 12.1. The van der Waals surface area contributed by atoms with Gasteiger partial charge in [0.25, 0.3) is 0 Å². The van der Waals surface area contributed by atoms with Gasteiger partial charge in [-0.1, -0.05) is 377 Å². The fourth-order valence-corrected chi connectivity index (χ4v) is 12.1. The van der Waals surface area contributed by atoms with Crippen molar-refractivity contribution in [1.29, 1.82) is 0 Å². The van der Waals surface area contributed by atoms with Crippen molar-refractivity contribution in [2.24, 2.45) is 0 Å². The summed E-state index contributed by atoms with van der Waals surface area (Å²) < 4.78 is 5.49. The number of nitrogens with one attached hydrogen (secondary N) is 1. The average molecular weight is 1210 g/mol. The monoisotopic (exact) mass is 1210 g/mol. The van der Waals surface area contributed by atoms with Gasteiger partial charge in [0.2, 0.25) is 5.91 Å². The van der Waals surface area contributed by atoms with Crippen molar-refractivity contribution in [3.8, 4) is 0 Å². The molecule has 0 aliphatic rings. The summed E-state index contributed by atoms with van der Waals surface area (Å²) in [6.07, 6.45) is 99.4. The minimum Gasteiger partial charge on any atom is -0.466 e. The third-order valence-electron chi connectivity index (χ3n) is 18.1. The Labute approximate surface area is 537 Å². The normalized spacial score (nSPS) is 12.7. The van der Waals surface area contributed by atoms with Gasteiger partial charge in [0.05, 0.1) is 25.4 Å². The molecule has 506 valence electrons. The minimum atomic E-state index is -0.843. The van der Waals surface area contributed by atoms with Crippen LogP contribution in [-0.2, 0) is 14.3 Å². The second kappa shape index (κ2) is 75.3. The van der Waals surface area contributed by atoms with Gasteiger partial charge < -0.3 is 20.3 Å². The van der Waals surface area contributed by atoms with E-state index < -0.39 is 12.1 Å².